The average Bonchev–Trinajstić information content (AvgIpc) is 2.78. The van der Waals surface area contributed by atoms with E-state index in [4.69, 9.17) is 10.2 Å². The molecule has 1 fully saturated rings. The van der Waals surface area contributed by atoms with Crippen LogP contribution in [0.2, 0.25) is 0 Å². The minimum absolute atomic E-state index is 0.0108. The van der Waals surface area contributed by atoms with Crippen molar-refractivity contribution < 1.29 is 4.42 Å². The van der Waals surface area contributed by atoms with E-state index in [9.17, 15) is 4.79 Å². The first-order valence-corrected chi connectivity index (χ1v) is 6.33. The third-order valence-electron chi connectivity index (χ3n) is 3.72. The topological polar surface area (TPSA) is 84.1 Å². The second kappa shape index (κ2) is 4.59. The number of aromatic amines is 1. The van der Waals surface area contributed by atoms with Gasteiger partial charge in [0.25, 0.3) is 0 Å². The van der Waals surface area contributed by atoms with Crippen LogP contribution >= 0.6 is 0 Å². The Morgan fingerprint density at radius 3 is 2.89 bits per heavy atom. The standard InChI is InChI=1S/C13H17N3O2/c14-12(8-3-5-15-6-4-8)9-1-2-10-11(7-9)18-13(17)16-10/h1-2,7-8,12,15H,3-6,14H2,(H,16,17). The van der Waals surface area contributed by atoms with Gasteiger partial charge in [0.2, 0.25) is 0 Å². The summed E-state index contributed by atoms with van der Waals surface area (Å²) >= 11 is 0. The molecule has 1 unspecified atom stereocenters. The molecule has 1 aliphatic heterocycles. The van der Waals surface area contributed by atoms with Crippen LogP contribution in [0.15, 0.2) is 27.4 Å². The normalized spacial score (nSPS) is 19.2. The van der Waals surface area contributed by atoms with E-state index >= 15 is 0 Å². The molecule has 0 aliphatic carbocycles. The lowest BCUT2D eigenvalue weighted by molar-refractivity contribution is 0.322. The Labute approximate surface area is 104 Å². The molecular weight excluding hydrogens is 230 g/mol. The summed E-state index contributed by atoms with van der Waals surface area (Å²) in [6.07, 6.45) is 2.19. The third-order valence-corrected chi connectivity index (χ3v) is 3.72. The van der Waals surface area contributed by atoms with Crippen LogP contribution < -0.4 is 16.8 Å². The van der Waals surface area contributed by atoms with Gasteiger partial charge in [0.15, 0.2) is 5.58 Å². The van der Waals surface area contributed by atoms with Crippen molar-refractivity contribution in [2.75, 3.05) is 13.1 Å². The molecule has 0 bridgehead atoms. The fourth-order valence-corrected chi connectivity index (χ4v) is 2.64. The van der Waals surface area contributed by atoms with Crippen molar-refractivity contribution >= 4 is 11.1 Å². The van der Waals surface area contributed by atoms with Crippen molar-refractivity contribution in [2.24, 2.45) is 11.7 Å². The van der Waals surface area contributed by atoms with Crippen LogP contribution in [0.3, 0.4) is 0 Å². The molecule has 18 heavy (non-hydrogen) atoms. The number of hydrogen-bond acceptors (Lipinski definition) is 4. The van der Waals surface area contributed by atoms with Crippen molar-refractivity contribution in [1.82, 2.24) is 10.3 Å². The van der Waals surface area contributed by atoms with E-state index in [1.807, 2.05) is 18.2 Å². The van der Waals surface area contributed by atoms with Gasteiger partial charge in [-0.25, -0.2) is 4.79 Å². The Hall–Kier alpha value is -1.59. The minimum atomic E-state index is -0.419. The number of nitrogens with one attached hydrogen (secondary N) is 2. The molecular formula is C13H17N3O2. The molecule has 5 nitrogen and oxygen atoms in total. The van der Waals surface area contributed by atoms with E-state index in [0.717, 1.165) is 37.0 Å². The number of benzene rings is 1. The molecule has 1 saturated heterocycles. The van der Waals surface area contributed by atoms with Crippen molar-refractivity contribution in [3.8, 4) is 0 Å². The fourth-order valence-electron chi connectivity index (χ4n) is 2.64. The highest BCUT2D eigenvalue weighted by molar-refractivity contribution is 5.72. The number of oxazole rings is 1. The Bertz CT molecular complexity index is 596. The third kappa shape index (κ3) is 2.07. The second-order valence-electron chi connectivity index (χ2n) is 4.88. The van der Waals surface area contributed by atoms with Gasteiger partial charge in [-0.2, -0.15) is 0 Å². The maximum atomic E-state index is 11.1. The first kappa shape index (κ1) is 11.5. The van der Waals surface area contributed by atoms with Gasteiger partial charge in [-0.05, 0) is 49.5 Å². The molecule has 96 valence electrons. The zero-order chi connectivity index (χ0) is 12.5. The van der Waals surface area contributed by atoms with Gasteiger partial charge in [-0.3, -0.25) is 4.98 Å². The quantitative estimate of drug-likeness (QED) is 0.742. The minimum Gasteiger partial charge on any atom is -0.408 e. The lowest BCUT2D eigenvalue weighted by Crippen LogP contribution is -2.33. The summed E-state index contributed by atoms with van der Waals surface area (Å²) in [5.41, 5.74) is 8.66. The van der Waals surface area contributed by atoms with Crippen LogP contribution in [-0.2, 0) is 0 Å². The molecule has 5 heteroatoms. The predicted octanol–water partition coefficient (Wildman–Crippen LogP) is 1.12. The van der Waals surface area contributed by atoms with Gasteiger partial charge < -0.3 is 15.5 Å². The molecule has 0 radical (unpaired) electrons. The number of nitrogens with two attached hydrogens (primary N) is 1. The van der Waals surface area contributed by atoms with E-state index in [0.29, 0.717) is 11.5 Å². The SMILES string of the molecule is NC(c1ccc2[nH]c(=O)oc2c1)C1CCNCC1. The Morgan fingerprint density at radius 1 is 1.33 bits per heavy atom. The molecule has 0 saturated carbocycles. The molecule has 4 N–H and O–H groups in total. The van der Waals surface area contributed by atoms with Gasteiger partial charge in [0, 0.05) is 6.04 Å². The molecule has 0 spiro atoms. The number of aromatic nitrogens is 1. The van der Waals surface area contributed by atoms with Gasteiger partial charge in [0.05, 0.1) is 5.52 Å². The molecule has 2 heterocycles. The zero-order valence-corrected chi connectivity index (χ0v) is 10.1. The fraction of sp³-hybridized carbons (Fsp3) is 0.462. The molecule has 1 aliphatic rings. The van der Waals surface area contributed by atoms with Crippen LogP contribution in [0.5, 0.6) is 0 Å². The summed E-state index contributed by atoms with van der Waals surface area (Å²) in [7, 11) is 0. The number of piperidine rings is 1. The van der Waals surface area contributed by atoms with E-state index in [1.54, 1.807) is 0 Å². The summed E-state index contributed by atoms with van der Waals surface area (Å²) < 4.78 is 5.07. The number of H-pyrrole nitrogens is 1. The Morgan fingerprint density at radius 2 is 2.11 bits per heavy atom. The number of rotatable bonds is 2. The summed E-state index contributed by atoms with van der Waals surface area (Å²) in [5.74, 6) is 0.0759. The lowest BCUT2D eigenvalue weighted by atomic mass is 9.86. The summed E-state index contributed by atoms with van der Waals surface area (Å²) in [6, 6.07) is 5.72. The Kier molecular flexibility index (Phi) is 2.93. The van der Waals surface area contributed by atoms with E-state index in [2.05, 4.69) is 10.3 Å². The predicted molar refractivity (Wildman–Crippen MR) is 69.4 cm³/mol. The van der Waals surface area contributed by atoms with Crippen LogP contribution in [0.25, 0.3) is 11.1 Å². The maximum Gasteiger partial charge on any atom is 0.417 e. The van der Waals surface area contributed by atoms with Crippen LogP contribution in [0, 0.1) is 5.92 Å². The first-order valence-electron chi connectivity index (χ1n) is 6.33. The average molecular weight is 247 g/mol. The first-order chi connectivity index (χ1) is 8.74. The van der Waals surface area contributed by atoms with Gasteiger partial charge in [-0.1, -0.05) is 6.07 Å². The molecule has 3 rings (SSSR count). The number of hydrogen-bond donors (Lipinski definition) is 3. The van der Waals surface area contributed by atoms with Gasteiger partial charge in [0.1, 0.15) is 0 Å². The van der Waals surface area contributed by atoms with Crippen LogP contribution in [-0.4, -0.2) is 18.1 Å². The van der Waals surface area contributed by atoms with Gasteiger partial charge >= 0.3 is 5.76 Å². The highest BCUT2D eigenvalue weighted by Crippen LogP contribution is 2.28. The molecule has 2 aromatic rings. The highest BCUT2D eigenvalue weighted by Gasteiger charge is 2.22. The summed E-state index contributed by atoms with van der Waals surface area (Å²) in [5, 5.41) is 3.33. The molecule has 0 amide bonds. The molecule has 1 atom stereocenters. The second-order valence-corrected chi connectivity index (χ2v) is 4.88. The number of fused-ring (bicyclic) bond motifs is 1. The van der Waals surface area contributed by atoms with Gasteiger partial charge in [-0.15, -0.1) is 0 Å². The van der Waals surface area contributed by atoms with E-state index in [-0.39, 0.29) is 6.04 Å². The monoisotopic (exact) mass is 247 g/mol. The van der Waals surface area contributed by atoms with Crippen molar-refractivity contribution in [3.05, 3.63) is 34.3 Å². The van der Waals surface area contributed by atoms with Crippen molar-refractivity contribution in [3.63, 3.8) is 0 Å². The van der Waals surface area contributed by atoms with Crippen molar-refractivity contribution in [1.29, 1.82) is 0 Å². The smallest absolute Gasteiger partial charge is 0.408 e. The molecule has 1 aromatic heterocycles. The Balaban J connectivity index is 1.90. The summed E-state index contributed by atoms with van der Waals surface area (Å²) in [4.78, 5) is 13.7. The highest BCUT2D eigenvalue weighted by atomic mass is 16.4. The van der Waals surface area contributed by atoms with E-state index in [1.165, 1.54) is 0 Å². The zero-order valence-electron chi connectivity index (χ0n) is 10.1. The van der Waals surface area contributed by atoms with Crippen LogP contribution in [0.1, 0.15) is 24.4 Å². The molecule has 1 aromatic carbocycles. The largest absolute Gasteiger partial charge is 0.417 e. The van der Waals surface area contributed by atoms with Crippen LogP contribution in [0.4, 0.5) is 0 Å². The van der Waals surface area contributed by atoms with E-state index < -0.39 is 5.76 Å². The lowest BCUT2D eigenvalue weighted by Gasteiger charge is -2.28. The van der Waals surface area contributed by atoms with Crippen molar-refractivity contribution in [2.45, 2.75) is 18.9 Å². The summed E-state index contributed by atoms with van der Waals surface area (Å²) in [6.45, 7) is 2.06. The maximum absolute atomic E-state index is 11.1.